The van der Waals surface area contributed by atoms with Crippen molar-refractivity contribution < 1.29 is 0 Å². The van der Waals surface area contributed by atoms with Crippen molar-refractivity contribution in [2.24, 2.45) is 7.05 Å². The number of rotatable bonds is 6. The van der Waals surface area contributed by atoms with Crippen LogP contribution in [-0.2, 0) is 13.6 Å². The SMILES string of the molecule is CC(C)NCCNCc1ccnn1C. The number of aromatic nitrogens is 2. The van der Waals surface area contributed by atoms with Crippen molar-refractivity contribution in [3.63, 3.8) is 0 Å². The van der Waals surface area contributed by atoms with E-state index in [4.69, 9.17) is 0 Å². The van der Waals surface area contributed by atoms with E-state index in [-0.39, 0.29) is 0 Å². The minimum absolute atomic E-state index is 0.563. The Bertz CT molecular complexity index is 254. The third-order valence-corrected chi connectivity index (χ3v) is 2.08. The molecule has 0 unspecified atom stereocenters. The zero-order valence-corrected chi connectivity index (χ0v) is 9.25. The van der Waals surface area contributed by atoms with E-state index in [1.165, 1.54) is 5.69 Å². The summed E-state index contributed by atoms with van der Waals surface area (Å²) in [5.41, 5.74) is 1.22. The molecule has 0 aliphatic heterocycles. The fourth-order valence-electron chi connectivity index (χ4n) is 1.24. The van der Waals surface area contributed by atoms with Crippen molar-refractivity contribution in [3.05, 3.63) is 18.0 Å². The van der Waals surface area contributed by atoms with Crippen LogP contribution in [0, 0.1) is 0 Å². The quantitative estimate of drug-likeness (QED) is 0.651. The van der Waals surface area contributed by atoms with Crippen LogP contribution in [0.25, 0.3) is 0 Å². The molecule has 0 radical (unpaired) electrons. The van der Waals surface area contributed by atoms with Crippen molar-refractivity contribution in [3.8, 4) is 0 Å². The normalized spacial score (nSPS) is 11.1. The summed E-state index contributed by atoms with van der Waals surface area (Å²) in [6, 6.07) is 2.59. The van der Waals surface area contributed by atoms with Crippen LogP contribution in [0.4, 0.5) is 0 Å². The van der Waals surface area contributed by atoms with E-state index in [0.717, 1.165) is 19.6 Å². The van der Waals surface area contributed by atoms with Crippen molar-refractivity contribution in [2.75, 3.05) is 13.1 Å². The Labute approximate surface area is 85.7 Å². The van der Waals surface area contributed by atoms with Gasteiger partial charge in [-0.2, -0.15) is 5.10 Å². The van der Waals surface area contributed by atoms with Crippen molar-refractivity contribution in [1.29, 1.82) is 0 Å². The maximum absolute atomic E-state index is 4.10. The second kappa shape index (κ2) is 5.78. The van der Waals surface area contributed by atoms with Crippen LogP contribution in [-0.4, -0.2) is 28.9 Å². The molecule has 1 aromatic rings. The highest BCUT2D eigenvalue weighted by molar-refractivity contribution is 4.98. The molecule has 1 rings (SSSR count). The molecule has 0 spiro atoms. The van der Waals surface area contributed by atoms with E-state index in [0.29, 0.717) is 6.04 Å². The van der Waals surface area contributed by atoms with E-state index < -0.39 is 0 Å². The predicted molar refractivity (Wildman–Crippen MR) is 58.1 cm³/mol. The van der Waals surface area contributed by atoms with E-state index in [2.05, 4.69) is 29.6 Å². The summed E-state index contributed by atoms with van der Waals surface area (Å²) in [6.45, 7) is 7.19. The number of nitrogens with zero attached hydrogens (tertiary/aromatic N) is 2. The first-order valence-electron chi connectivity index (χ1n) is 5.11. The zero-order valence-electron chi connectivity index (χ0n) is 9.25. The largest absolute Gasteiger partial charge is 0.313 e. The number of aryl methyl sites for hydroxylation is 1. The summed E-state index contributed by atoms with van der Waals surface area (Å²) in [5.74, 6) is 0. The molecule has 0 aliphatic rings. The average molecular weight is 196 g/mol. The smallest absolute Gasteiger partial charge is 0.0518 e. The first kappa shape index (κ1) is 11.2. The van der Waals surface area contributed by atoms with Crippen molar-refractivity contribution in [1.82, 2.24) is 20.4 Å². The monoisotopic (exact) mass is 196 g/mol. The summed E-state index contributed by atoms with van der Waals surface area (Å²) in [5, 5.41) is 10.8. The summed E-state index contributed by atoms with van der Waals surface area (Å²) < 4.78 is 1.89. The van der Waals surface area contributed by atoms with Gasteiger partial charge in [0.1, 0.15) is 0 Å². The Morgan fingerprint density at radius 2 is 2.21 bits per heavy atom. The van der Waals surface area contributed by atoms with Crippen molar-refractivity contribution >= 4 is 0 Å². The van der Waals surface area contributed by atoms with Gasteiger partial charge < -0.3 is 10.6 Å². The van der Waals surface area contributed by atoms with Gasteiger partial charge in [-0.3, -0.25) is 4.68 Å². The van der Waals surface area contributed by atoms with Gasteiger partial charge in [0.15, 0.2) is 0 Å². The molecule has 80 valence electrons. The van der Waals surface area contributed by atoms with E-state index >= 15 is 0 Å². The lowest BCUT2D eigenvalue weighted by Crippen LogP contribution is -2.31. The van der Waals surface area contributed by atoms with Crippen LogP contribution in [0.5, 0.6) is 0 Å². The molecule has 1 heterocycles. The van der Waals surface area contributed by atoms with Gasteiger partial charge in [0, 0.05) is 38.9 Å². The molecule has 0 amide bonds. The lowest BCUT2D eigenvalue weighted by atomic mass is 10.4. The summed E-state index contributed by atoms with van der Waals surface area (Å²) >= 11 is 0. The molecule has 4 heteroatoms. The number of hydrogen-bond acceptors (Lipinski definition) is 3. The van der Waals surface area contributed by atoms with Gasteiger partial charge >= 0.3 is 0 Å². The highest BCUT2D eigenvalue weighted by Crippen LogP contribution is 1.93. The number of hydrogen-bond donors (Lipinski definition) is 2. The molecule has 0 aliphatic carbocycles. The topological polar surface area (TPSA) is 41.9 Å². The molecular weight excluding hydrogens is 176 g/mol. The Balaban J connectivity index is 2.08. The Kier molecular flexibility index (Phi) is 4.62. The molecule has 2 N–H and O–H groups in total. The lowest BCUT2D eigenvalue weighted by molar-refractivity contribution is 0.546. The minimum atomic E-state index is 0.563. The fraction of sp³-hybridized carbons (Fsp3) is 0.700. The van der Waals surface area contributed by atoms with E-state index in [1.807, 2.05) is 24.0 Å². The van der Waals surface area contributed by atoms with Crippen LogP contribution < -0.4 is 10.6 Å². The van der Waals surface area contributed by atoms with Crippen LogP contribution in [0.1, 0.15) is 19.5 Å². The average Bonchev–Trinajstić information content (AvgIpc) is 2.51. The van der Waals surface area contributed by atoms with Gasteiger partial charge in [0.2, 0.25) is 0 Å². The van der Waals surface area contributed by atoms with Crippen LogP contribution >= 0.6 is 0 Å². The highest BCUT2D eigenvalue weighted by atomic mass is 15.3. The molecular formula is C10H20N4. The van der Waals surface area contributed by atoms with Crippen LogP contribution in [0.15, 0.2) is 12.3 Å². The molecule has 1 aromatic heterocycles. The molecule has 0 aromatic carbocycles. The Hall–Kier alpha value is -0.870. The van der Waals surface area contributed by atoms with Gasteiger partial charge in [0.25, 0.3) is 0 Å². The maximum Gasteiger partial charge on any atom is 0.0518 e. The summed E-state index contributed by atoms with van der Waals surface area (Å²) in [6.07, 6.45) is 1.82. The maximum atomic E-state index is 4.10. The zero-order chi connectivity index (χ0) is 10.4. The summed E-state index contributed by atoms with van der Waals surface area (Å²) in [7, 11) is 1.96. The minimum Gasteiger partial charge on any atom is -0.313 e. The first-order valence-corrected chi connectivity index (χ1v) is 5.11. The molecule has 0 saturated heterocycles. The van der Waals surface area contributed by atoms with Gasteiger partial charge in [-0.1, -0.05) is 13.8 Å². The molecule has 0 fully saturated rings. The summed E-state index contributed by atoms with van der Waals surface area (Å²) in [4.78, 5) is 0. The molecule has 0 bridgehead atoms. The standard InChI is InChI=1S/C10H20N4/c1-9(2)12-7-6-11-8-10-4-5-13-14(10)3/h4-5,9,11-12H,6-8H2,1-3H3. The van der Waals surface area contributed by atoms with E-state index in [1.54, 1.807) is 0 Å². The van der Waals surface area contributed by atoms with E-state index in [9.17, 15) is 0 Å². The third-order valence-electron chi connectivity index (χ3n) is 2.08. The molecule has 14 heavy (non-hydrogen) atoms. The van der Waals surface area contributed by atoms with Crippen LogP contribution in [0.2, 0.25) is 0 Å². The van der Waals surface area contributed by atoms with Gasteiger partial charge in [0.05, 0.1) is 5.69 Å². The van der Waals surface area contributed by atoms with Crippen LogP contribution in [0.3, 0.4) is 0 Å². The second-order valence-electron chi connectivity index (χ2n) is 3.73. The Morgan fingerprint density at radius 3 is 2.79 bits per heavy atom. The highest BCUT2D eigenvalue weighted by Gasteiger charge is 1.96. The number of nitrogens with one attached hydrogen (secondary N) is 2. The molecule has 0 atom stereocenters. The lowest BCUT2D eigenvalue weighted by Gasteiger charge is -2.08. The van der Waals surface area contributed by atoms with Gasteiger partial charge in [-0.15, -0.1) is 0 Å². The fourth-order valence-corrected chi connectivity index (χ4v) is 1.24. The van der Waals surface area contributed by atoms with Gasteiger partial charge in [-0.25, -0.2) is 0 Å². The first-order chi connectivity index (χ1) is 6.70. The van der Waals surface area contributed by atoms with Crippen molar-refractivity contribution in [2.45, 2.75) is 26.4 Å². The predicted octanol–water partition coefficient (Wildman–Crippen LogP) is 0.508. The molecule has 4 nitrogen and oxygen atoms in total. The van der Waals surface area contributed by atoms with Gasteiger partial charge in [-0.05, 0) is 6.07 Å². The second-order valence-corrected chi connectivity index (χ2v) is 3.73. The Morgan fingerprint density at radius 1 is 1.43 bits per heavy atom. The molecule has 0 saturated carbocycles. The third kappa shape index (κ3) is 3.89.